The highest BCUT2D eigenvalue weighted by Gasteiger charge is 2.22. The van der Waals surface area contributed by atoms with Gasteiger partial charge in [0.1, 0.15) is 23.8 Å². The number of hydrogen-bond acceptors (Lipinski definition) is 5. The maximum absolute atomic E-state index is 12.6. The zero-order chi connectivity index (χ0) is 21.1. The lowest BCUT2D eigenvalue weighted by molar-refractivity contribution is -0.386. The van der Waals surface area contributed by atoms with Crippen molar-refractivity contribution in [3.63, 3.8) is 0 Å². The molecule has 0 aliphatic heterocycles. The second kappa shape index (κ2) is 8.26. The van der Waals surface area contributed by atoms with E-state index in [-0.39, 0.29) is 30.0 Å². The van der Waals surface area contributed by atoms with E-state index in [9.17, 15) is 14.9 Å². The van der Waals surface area contributed by atoms with Crippen molar-refractivity contribution < 1.29 is 9.72 Å². The Morgan fingerprint density at radius 1 is 1.17 bits per heavy atom. The Morgan fingerprint density at radius 3 is 2.45 bits per heavy atom. The molecular formula is C20H24N6O3. The largest absolute Gasteiger partial charge is 0.344 e. The first-order chi connectivity index (χ1) is 13.8. The number of rotatable bonds is 7. The van der Waals surface area contributed by atoms with Crippen molar-refractivity contribution in [2.45, 2.75) is 46.8 Å². The molecule has 2 aromatic heterocycles. The molecule has 3 aromatic rings. The van der Waals surface area contributed by atoms with Crippen LogP contribution in [0, 0.1) is 30.9 Å². The summed E-state index contributed by atoms with van der Waals surface area (Å²) >= 11 is 0. The van der Waals surface area contributed by atoms with Crippen molar-refractivity contribution in [1.82, 2.24) is 24.9 Å². The Hall–Kier alpha value is -3.49. The SMILES string of the molecule is CCC(NC(=O)c1ccn(Cn2nc(C)c([N+](=O)[O-])c2C)n1)c1ccc(C)cc1. The molecular weight excluding hydrogens is 372 g/mol. The summed E-state index contributed by atoms with van der Waals surface area (Å²) in [6.45, 7) is 7.46. The number of carbonyl (C=O) groups is 1. The van der Waals surface area contributed by atoms with E-state index in [1.165, 1.54) is 9.36 Å². The van der Waals surface area contributed by atoms with E-state index in [1.54, 1.807) is 26.1 Å². The molecule has 0 fully saturated rings. The lowest BCUT2D eigenvalue weighted by atomic mass is 10.0. The van der Waals surface area contributed by atoms with Gasteiger partial charge in [0, 0.05) is 6.20 Å². The Balaban J connectivity index is 1.72. The minimum Gasteiger partial charge on any atom is -0.344 e. The second-order valence-electron chi connectivity index (χ2n) is 7.00. The third kappa shape index (κ3) is 4.34. The van der Waals surface area contributed by atoms with Gasteiger partial charge >= 0.3 is 5.69 Å². The molecule has 1 N–H and O–H groups in total. The van der Waals surface area contributed by atoms with Gasteiger partial charge in [0.05, 0.1) is 11.0 Å². The molecule has 0 aliphatic rings. The Bertz CT molecular complexity index is 1040. The number of hydrogen-bond donors (Lipinski definition) is 1. The standard InChI is InChI=1S/C20H24N6O3/c1-5-17(16-8-6-13(2)7-9-16)21-20(27)18-10-11-24(23-18)12-25-15(4)19(26(28)29)14(3)22-25/h6-11,17H,5,12H2,1-4H3,(H,21,27). The Labute approximate surface area is 168 Å². The van der Waals surface area contributed by atoms with Gasteiger partial charge in [0.15, 0.2) is 0 Å². The molecule has 0 saturated carbocycles. The van der Waals surface area contributed by atoms with E-state index in [4.69, 9.17) is 0 Å². The summed E-state index contributed by atoms with van der Waals surface area (Å²) in [6.07, 6.45) is 2.41. The molecule has 1 unspecified atom stereocenters. The van der Waals surface area contributed by atoms with Crippen LogP contribution in [-0.4, -0.2) is 30.4 Å². The molecule has 0 radical (unpaired) electrons. The van der Waals surface area contributed by atoms with E-state index in [0.717, 1.165) is 17.5 Å². The lowest BCUT2D eigenvalue weighted by Gasteiger charge is -2.17. The Kier molecular flexibility index (Phi) is 5.76. The van der Waals surface area contributed by atoms with E-state index in [1.807, 2.05) is 38.1 Å². The van der Waals surface area contributed by atoms with Crippen LogP contribution in [0.2, 0.25) is 0 Å². The first kappa shape index (κ1) is 20.2. The maximum Gasteiger partial charge on any atom is 0.312 e. The van der Waals surface area contributed by atoms with E-state index in [0.29, 0.717) is 11.4 Å². The summed E-state index contributed by atoms with van der Waals surface area (Å²) in [5.41, 5.74) is 3.28. The molecule has 0 bridgehead atoms. The van der Waals surface area contributed by atoms with Gasteiger partial charge in [-0.05, 0) is 38.8 Å². The summed E-state index contributed by atoms with van der Waals surface area (Å²) < 4.78 is 3.04. The second-order valence-corrected chi connectivity index (χ2v) is 7.00. The van der Waals surface area contributed by atoms with Crippen LogP contribution in [0.3, 0.4) is 0 Å². The molecule has 152 valence electrons. The minimum absolute atomic E-state index is 0.000918. The van der Waals surface area contributed by atoms with E-state index < -0.39 is 4.92 Å². The van der Waals surface area contributed by atoms with Crippen LogP contribution >= 0.6 is 0 Å². The van der Waals surface area contributed by atoms with Gasteiger partial charge in [-0.15, -0.1) is 0 Å². The highest BCUT2D eigenvalue weighted by molar-refractivity contribution is 5.92. The van der Waals surface area contributed by atoms with E-state index >= 15 is 0 Å². The molecule has 29 heavy (non-hydrogen) atoms. The number of aryl methyl sites for hydroxylation is 2. The summed E-state index contributed by atoms with van der Waals surface area (Å²) in [5, 5.41) is 22.7. The van der Waals surface area contributed by atoms with Crippen LogP contribution in [0.5, 0.6) is 0 Å². The smallest absolute Gasteiger partial charge is 0.312 e. The molecule has 9 nitrogen and oxygen atoms in total. The van der Waals surface area contributed by atoms with Gasteiger partial charge < -0.3 is 5.32 Å². The normalized spacial score (nSPS) is 12.0. The highest BCUT2D eigenvalue weighted by atomic mass is 16.6. The van der Waals surface area contributed by atoms with Gasteiger partial charge in [-0.3, -0.25) is 19.6 Å². The predicted molar refractivity (Wildman–Crippen MR) is 108 cm³/mol. The molecule has 1 aromatic carbocycles. The summed E-state index contributed by atoms with van der Waals surface area (Å²) in [6, 6.07) is 9.58. The van der Waals surface area contributed by atoms with Crippen LogP contribution in [-0.2, 0) is 6.67 Å². The highest BCUT2D eigenvalue weighted by Crippen LogP contribution is 2.22. The van der Waals surface area contributed by atoms with Gasteiger partial charge in [-0.2, -0.15) is 10.2 Å². The molecule has 1 atom stereocenters. The zero-order valence-corrected chi connectivity index (χ0v) is 16.9. The number of nitrogens with zero attached hydrogens (tertiary/aromatic N) is 5. The zero-order valence-electron chi connectivity index (χ0n) is 16.9. The summed E-state index contributed by atoms with van der Waals surface area (Å²) in [7, 11) is 0. The number of amides is 1. The maximum atomic E-state index is 12.6. The van der Waals surface area contributed by atoms with Crippen LogP contribution in [0.4, 0.5) is 5.69 Å². The number of carbonyl (C=O) groups excluding carboxylic acids is 1. The number of aromatic nitrogens is 4. The first-order valence-corrected chi connectivity index (χ1v) is 9.39. The van der Waals surface area contributed by atoms with Gasteiger partial charge in [0.2, 0.25) is 0 Å². The molecule has 0 aliphatic carbocycles. The molecule has 2 heterocycles. The quantitative estimate of drug-likeness (QED) is 0.487. The fraction of sp³-hybridized carbons (Fsp3) is 0.350. The van der Waals surface area contributed by atoms with Crippen LogP contribution < -0.4 is 5.32 Å². The van der Waals surface area contributed by atoms with Crippen molar-refractivity contribution in [3.05, 3.63) is 74.9 Å². The third-order valence-corrected chi connectivity index (χ3v) is 4.87. The fourth-order valence-corrected chi connectivity index (χ4v) is 3.24. The van der Waals surface area contributed by atoms with E-state index in [2.05, 4.69) is 15.5 Å². The monoisotopic (exact) mass is 396 g/mol. The van der Waals surface area contributed by atoms with Crippen molar-refractivity contribution >= 4 is 11.6 Å². The van der Waals surface area contributed by atoms with Crippen molar-refractivity contribution in [2.24, 2.45) is 0 Å². The van der Waals surface area contributed by atoms with Gasteiger partial charge in [-0.1, -0.05) is 36.8 Å². The van der Waals surface area contributed by atoms with Gasteiger partial charge in [0.25, 0.3) is 5.91 Å². The first-order valence-electron chi connectivity index (χ1n) is 9.39. The molecule has 0 saturated heterocycles. The molecule has 0 spiro atoms. The number of benzene rings is 1. The number of nitro groups is 1. The number of nitrogens with one attached hydrogen (secondary N) is 1. The average Bonchev–Trinajstić information content (AvgIpc) is 3.25. The molecule has 3 rings (SSSR count). The van der Waals surface area contributed by atoms with Gasteiger partial charge in [-0.25, -0.2) is 4.68 Å². The summed E-state index contributed by atoms with van der Waals surface area (Å²) in [4.78, 5) is 23.3. The molecule has 9 heteroatoms. The van der Waals surface area contributed by atoms with Crippen molar-refractivity contribution in [2.75, 3.05) is 0 Å². The summed E-state index contributed by atoms with van der Waals surface area (Å²) in [5.74, 6) is -0.268. The third-order valence-electron chi connectivity index (χ3n) is 4.87. The predicted octanol–water partition coefficient (Wildman–Crippen LogP) is 3.30. The van der Waals surface area contributed by atoms with Crippen LogP contribution in [0.25, 0.3) is 0 Å². The fourth-order valence-electron chi connectivity index (χ4n) is 3.24. The van der Waals surface area contributed by atoms with Crippen LogP contribution in [0.15, 0.2) is 36.5 Å². The minimum atomic E-state index is -0.438. The van der Waals surface area contributed by atoms with Crippen molar-refractivity contribution in [1.29, 1.82) is 0 Å². The topological polar surface area (TPSA) is 108 Å². The lowest BCUT2D eigenvalue weighted by Crippen LogP contribution is -2.28. The van der Waals surface area contributed by atoms with Crippen LogP contribution in [0.1, 0.15) is 52.4 Å². The molecule has 1 amide bonds. The van der Waals surface area contributed by atoms with Crippen molar-refractivity contribution in [3.8, 4) is 0 Å². The Morgan fingerprint density at radius 2 is 1.86 bits per heavy atom. The average molecular weight is 396 g/mol.